The topological polar surface area (TPSA) is 35.2 Å². The molecule has 0 bridgehead atoms. The first kappa shape index (κ1) is 12.9. The molecule has 0 saturated carbocycles. The highest BCUT2D eigenvalue weighted by atomic mass is 79.9. The van der Waals surface area contributed by atoms with Crippen molar-refractivity contribution >= 4 is 21.6 Å². The molecule has 0 amide bonds. The van der Waals surface area contributed by atoms with Crippen LogP contribution in [0.5, 0.6) is 5.75 Å². The number of anilines is 1. The smallest absolute Gasteiger partial charge is 0.136 e. The lowest BCUT2D eigenvalue weighted by Crippen LogP contribution is -2.02. The fourth-order valence-corrected chi connectivity index (χ4v) is 1.91. The van der Waals surface area contributed by atoms with Crippen LogP contribution in [0.4, 0.5) is 10.1 Å². The fraction of sp³-hybridized carbons (Fsp3) is 0.143. The number of benzene rings is 2. The second kappa shape index (κ2) is 5.87. The van der Waals surface area contributed by atoms with Crippen LogP contribution in [0.25, 0.3) is 0 Å². The SMILES string of the molecule is Nc1ccc(CCOc2cc(F)ccc2Br)cc1. The molecule has 0 unspecified atom stereocenters. The lowest BCUT2D eigenvalue weighted by atomic mass is 10.1. The summed E-state index contributed by atoms with van der Waals surface area (Å²) in [4.78, 5) is 0. The summed E-state index contributed by atoms with van der Waals surface area (Å²) in [6.45, 7) is 0.492. The number of nitrogen functional groups attached to an aromatic ring is 1. The Morgan fingerprint density at radius 1 is 1.11 bits per heavy atom. The normalized spacial score (nSPS) is 10.3. The maximum Gasteiger partial charge on any atom is 0.136 e. The summed E-state index contributed by atoms with van der Waals surface area (Å²) in [5, 5.41) is 0. The first-order valence-corrected chi connectivity index (χ1v) is 6.37. The minimum absolute atomic E-state index is 0.305. The number of hydrogen-bond acceptors (Lipinski definition) is 2. The molecule has 0 radical (unpaired) electrons. The van der Waals surface area contributed by atoms with Gasteiger partial charge in [-0.25, -0.2) is 4.39 Å². The van der Waals surface area contributed by atoms with Gasteiger partial charge in [-0.3, -0.25) is 0 Å². The standard InChI is InChI=1S/C14H13BrFNO/c15-13-6-3-11(16)9-14(13)18-8-7-10-1-4-12(17)5-2-10/h1-6,9H,7-8,17H2. The van der Waals surface area contributed by atoms with Crippen molar-refractivity contribution in [3.63, 3.8) is 0 Å². The van der Waals surface area contributed by atoms with Gasteiger partial charge in [0.25, 0.3) is 0 Å². The quantitative estimate of drug-likeness (QED) is 0.872. The largest absolute Gasteiger partial charge is 0.492 e. The van der Waals surface area contributed by atoms with Crippen LogP contribution >= 0.6 is 15.9 Å². The zero-order chi connectivity index (χ0) is 13.0. The maximum atomic E-state index is 13.0. The van der Waals surface area contributed by atoms with Crippen LogP contribution in [-0.2, 0) is 6.42 Å². The zero-order valence-corrected chi connectivity index (χ0v) is 11.3. The average molecular weight is 310 g/mol. The van der Waals surface area contributed by atoms with E-state index in [2.05, 4.69) is 15.9 Å². The van der Waals surface area contributed by atoms with E-state index in [0.29, 0.717) is 12.4 Å². The van der Waals surface area contributed by atoms with E-state index in [1.54, 1.807) is 6.07 Å². The third-order valence-corrected chi connectivity index (χ3v) is 3.18. The van der Waals surface area contributed by atoms with Gasteiger partial charge in [0.15, 0.2) is 0 Å². The maximum absolute atomic E-state index is 13.0. The number of ether oxygens (including phenoxy) is 1. The van der Waals surface area contributed by atoms with Gasteiger partial charge in [0.1, 0.15) is 11.6 Å². The van der Waals surface area contributed by atoms with Crippen molar-refractivity contribution in [2.75, 3.05) is 12.3 Å². The highest BCUT2D eigenvalue weighted by Crippen LogP contribution is 2.25. The van der Waals surface area contributed by atoms with Gasteiger partial charge in [-0.2, -0.15) is 0 Å². The Morgan fingerprint density at radius 2 is 1.83 bits per heavy atom. The van der Waals surface area contributed by atoms with Crippen molar-refractivity contribution in [1.82, 2.24) is 0 Å². The summed E-state index contributed by atoms with van der Waals surface area (Å²) in [5.74, 6) is 0.214. The van der Waals surface area contributed by atoms with Gasteiger partial charge in [-0.05, 0) is 45.8 Å². The molecule has 94 valence electrons. The minimum Gasteiger partial charge on any atom is -0.492 e. The first-order valence-electron chi connectivity index (χ1n) is 5.57. The van der Waals surface area contributed by atoms with Gasteiger partial charge >= 0.3 is 0 Å². The van der Waals surface area contributed by atoms with Gasteiger partial charge in [0.2, 0.25) is 0 Å². The molecular weight excluding hydrogens is 297 g/mol. The molecule has 0 aromatic heterocycles. The zero-order valence-electron chi connectivity index (χ0n) is 9.70. The van der Waals surface area contributed by atoms with E-state index < -0.39 is 0 Å². The Kier molecular flexibility index (Phi) is 4.20. The first-order chi connectivity index (χ1) is 8.65. The van der Waals surface area contributed by atoms with Gasteiger partial charge in [0.05, 0.1) is 11.1 Å². The van der Waals surface area contributed by atoms with E-state index in [1.165, 1.54) is 12.1 Å². The van der Waals surface area contributed by atoms with E-state index in [-0.39, 0.29) is 5.82 Å². The Labute approximate surface area is 114 Å². The van der Waals surface area contributed by atoms with Crippen LogP contribution in [0.1, 0.15) is 5.56 Å². The van der Waals surface area contributed by atoms with Gasteiger partial charge in [0, 0.05) is 18.2 Å². The molecule has 2 nitrogen and oxygen atoms in total. The summed E-state index contributed by atoms with van der Waals surface area (Å²) < 4.78 is 19.3. The third kappa shape index (κ3) is 3.47. The lowest BCUT2D eigenvalue weighted by molar-refractivity contribution is 0.318. The molecular formula is C14H13BrFNO. The number of rotatable bonds is 4. The molecule has 2 aromatic rings. The second-order valence-electron chi connectivity index (χ2n) is 3.91. The average Bonchev–Trinajstić information content (AvgIpc) is 2.36. The minimum atomic E-state index is -0.305. The number of nitrogens with two attached hydrogens (primary N) is 1. The van der Waals surface area contributed by atoms with E-state index in [0.717, 1.165) is 22.1 Å². The van der Waals surface area contributed by atoms with E-state index in [9.17, 15) is 4.39 Å². The Balaban J connectivity index is 1.92. The van der Waals surface area contributed by atoms with Gasteiger partial charge < -0.3 is 10.5 Å². The fourth-order valence-electron chi connectivity index (χ4n) is 1.55. The third-order valence-electron chi connectivity index (χ3n) is 2.52. The molecule has 18 heavy (non-hydrogen) atoms. The van der Waals surface area contributed by atoms with Crippen LogP contribution in [0.2, 0.25) is 0 Å². The summed E-state index contributed by atoms with van der Waals surface area (Å²) in [6, 6.07) is 12.0. The van der Waals surface area contributed by atoms with Crippen molar-refractivity contribution in [2.24, 2.45) is 0 Å². The summed E-state index contributed by atoms with van der Waals surface area (Å²) in [5.41, 5.74) is 7.48. The van der Waals surface area contributed by atoms with Crippen molar-refractivity contribution in [2.45, 2.75) is 6.42 Å². The number of halogens is 2. The summed E-state index contributed by atoms with van der Waals surface area (Å²) in [6.07, 6.45) is 0.753. The molecule has 0 spiro atoms. The van der Waals surface area contributed by atoms with Crippen molar-refractivity contribution < 1.29 is 9.13 Å². The monoisotopic (exact) mass is 309 g/mol. The molecule has 0 aliphatic heterocycles. The Hall–Kier alpha value is -1.55. The Morgan fingerprint density at radius 3 is 2.56 bits per heavy atom. The van der Waals surface area contributed by atoms with Gasteiger partial charge in [-0.1, -0.05) is 12.1 Å². The van der Waals surface area contributed by atoms with Gasteiger partial charge in [-0.15, -0.1) is 0 Å². The second-order valence-corrected chi connectivity index (χ2v) is 4.77. The molecule has 0 heterocycles. The van der Waals surface area contributed by atoms with Crippen molar-refractivity contribution in [1.29, 1.82) is 0 Å². The van der Waals surface area contributed by atoms with Crippen molar-refractivity contribution in [3.05, 3.63) is 58.3 Å². The van der Waals surface area contributed by atoms with E-state index in [1.807, 2.05) is 24.3 Å². The molecule has 2 aromatic carbocycles. The molecule has 0 atom stereocenters. The molecule has 0 aliphatic rings. The highest BCUT2D eigenvalue weighted by molar-refractivity contribution is 9.10. The lowest BCUT2D eigenvalue weighted by Gasteiger charge is -2.08. The number of hydrogen-bond donors (Lipinski definition) is 1. The predicted molar refractivity (Wildman–Crippen MR) is 74.2 cm³/mol. The summed E-state index contributed by atoms with van der Waals surface area (Å²) in [7, 11) is 0. The van der Waals surface area contributed by atoms with E-state index >= 15 is 0 Å². The highest BCUT2D eigenvalue weighted by Gasteiger charge is 2.03. The molecule has 0 aliphatic carbocycles. The molecule has 2 N–H and O–H groups in total. The van der Waals surface area contributed by atoms with Crippen LogP contribution in [0.15, 0.2) is 46.9 Å². The van der Waals surface area contributed by atoms with Crippen LogP contribution < -0.4 is 10.5 Å². The molecule has 0 saturated heterocycles. The Bertz CT molecular complexity index is 528. The molecule has 0 fully saturated rings. The molecule has 4 heteroatoms. The predicted octanol–water partition coefficient (Wildman–Crippen LogP) is 3.79. The summed E-state index contributed by atoms with van der Waals surface area (Å²) >= 11 is 3.32. The molecule has 2 rings (SSSR count). The van der Waals surface area contributed by atoms with Crippen molar-refractivity contribution in [3.8, 4) is 5.75 Å². The van der Waals surface area contributed by atoms with Crippen LogP contribution in [0.3, 0.4) is 0 Å². The van der Waals surface area contributed by atoms with Crippen LogP contribution in [0, 0.1) is 5.82 Å². The van der Waals surface area contributed by atoms with Crippen LogP contribution in [-0.4, -0.2) is 6.61 Å². The van der Waals surface area contributed by atoms with E-state index in [4.69, 9.17) is 10.5 Å².